The van der Waals surface area contributed by atoms with Crippen LogP contribution >= 0.6 is 38.6 Å². The van der Waals surface area contributed by atoms with Crippen molar-refractivity contribution in [1.82, 2.24) is 19.9 Å². The Hall–Kier alpha value is -2.30. The van der Waals surface area contributed by atoms with Gasteiger partial charge in [0.15, 0.2) is 10.1 Å². The number of imidazole rings is 1. The average Bonchev–Trinajstić information content (AvgIpc) is 3.26. The summed E-state index contributed by atoms with van der Waals surface area (Å²) in [7, 11) is 0. The molecule has 4 aromatic rings. The largest absolute Gasteiger partial charge is 0.382 e. The Morgan fingerprint density at radius 2 is 2.17 bits per heavy atom. The summed E-state index contributed by atoms with van der Waals surface area (Å²) in [5, 5.41) is 4.08. The summed E-state index contributed by atoms with van der Waals surface area (Å²) in [6.07, 6.45) is 3.23. The quantitative estimate of drug-likeness (QED) is 0.433. The smallest absolute Gasteiger partial charge is 0.235 e. The first-order chi connectivity index (χ1) is 11.6. The monoisotopic (exact) mass is 420 g/mol. The van der Waals surface area contributed by atoms with Gasteiger partial charge in [-0.05, 0) is 34.1 Å². The number of aromatic amines is 1. The van der Waals surface area contributed by atoms with Gasteiger partial charge in [0.25, 0.3) is 0 Å². The molecule has 3 aromatic heterocycles. The number of anilines is 3. The van der Waals surface area contributed by atoms with Crippen LogP contribution in [-0.2, 0) is 0 Å². The molecule has 1 aromatic carbocycles. The number of carbonyl (C=O) groups excluding carboxylic acids is 1. The number of nitrogens with two attached hydrogens (primary N) is 1. The lowest BCUT2D eigenvalue weighted by molar-refractivity contribution is 0.104. The zero-order valence-corrected chi connectivity index (χ0v) is 15.1. The molecule has 4 rings (SSSR count). The average molecular weight is 421 g/mol. The number of benzene rings is 1. The molecule has 4 N–H and O–H groups in total. The summed E-state index contributed by atoms with van der Waals surface area (Å²) in [6, 6.07) is 5.70. The van der Waals surface area contributed by atoms with Gasteiger partial charge in [-0.25, -0.2) is 15.0 Å². The molecule has 10 heteroatoms. The Bertz CT molecular complexity index is 1050. The van der Waals surface area contributed by atoms with Gasteiger partial charge in [0.1, 0.15) is 10.7 Å². The number of halogens is 1. The maximum absolute atomic E-state index is 12.5. The first-order valence-electron chi connectivity index (χ1n) is 6.72. The third-order valence-electron chi connectivity index (χ3n) is 3.20. The van der Waals surface area contributed by atoms with Crippen LogP contribution in [0.3, 0.4) is 0 Å². The van der Waals surface area contributed by atoms with Crippen molar-refractivity contribution in [3.05, 3.63) is 44.4 Å². The molecule has 120 valence electrons. The van der Waals surface area contributed by atoms with E-state index in [-0.39, 0.29) is 11.6 Å². The number of rotatable bonds is 4. The van der Waals surface area contributed by atoms with E-state index in [4.69, 9.17) is 5.73 Å². The van der Waals surface area contributed by atoms with Crippen molar-refractivity contribution in [3.8, 4) is 0 Å². The van der Waals surface area contributed by atoms with Crippen LogP contribution in [0, 0.1) is 0 Å². The Balaban J connectivity index is 1.61. The van der Waals surface area contributed by atoms with Crippen molar-refractivity contribution in [3.63, 3.8) is 0 Å². The minimum Gasteiger partial charge on any atom is -0.382 e. The maximum Gasteiger partial charge on any atom is 0.235 e. The van der Waals surface area contributed by atoms with E-state index in [1.807, 2.05) is 18.2 Å². The highest BCUT2D eigenvalue weighted by Crippen LogP contribution is 2.31. The van der Waals surface area contributed by atoms with Gasteiger partial charge >= 0.3 is 0 Å². The van der Waals surface area contributed by atoms with Gasteiger partial charge in [-0.15, -0.1) is 11.3 Å². The van der Waals surface area contributed by atoms with Gasteiger partial charge in [0.2, 0.25) is 5.78 Å². The molecule has 0 atom stereocenters. The first kappa shape index (κ1) is 15.2. The summed E-state index contributed by atoms with van der Waals surface area (Å²) in [4.78, 5) is 28.4. The van der Waals surface area contributed by atoms with Crippen LogP contribution in [0.25, 0.3) is 11.0 Å². The molecular formula is C14H9BrN6OS2. The molecule has 0 radical (unpaired) electrons. The lowest BCUT2D eigenvalue weighted by Crippen LogP contribution is -2.01. The van der Waals surface area contributed by atoms with E-state index in [0.717, 1.165) is 20.5 Å². The van der Waals surface area contributed by atoms with Gasteiger partial charge in [0, 0.05) is 5.69 Å². The molecule has 0 aliphatic heterocycles. The van der Waals surface area contributed by atoms with Crippen molar-refractivity contribution in [2.45, 2.75) is 0 Å². The number of ketones is 1. The minimum atomic E-state index is -0.224. The molecule has 0 saturated heterocycles. The number of carbonyl (C=O) groups is 1. The molecule has 0 unspecified atom stereocenters. The molecule has 0 bridgehead atoms. The molecule has 3 heterocycles. The maximum atomic E-state index is 12.5. The second-order valence-corrected chi connectivity index (χ2v) is 8.20. The van der Waals surface area contributed by atoms with Crippen molar-refractivity contribution in [2.24, 2.45) is 0 Å². The van der Waals surface area contributed by atoms with Gasteiger partial charge in [-0.2, -0.15) is 0 Å². The van der Waals surface area contributed by atoms with Crippen LogP contribution in [0.5, 0.6) is 0 Å². The Kier molecular flexibility index (Phi) is 3.79. The predicted molar refractivity (Wildman–Crippen MR) is 99.1 cm³/mol. The summed E-state index contributed by atoms with van der Waals surface area (Å²) in [5.74, 6) is -0.0285. The van der Waals surface area contributed by atoms with E-state index in [9.17, 15) is 4.79 Å². The number of thiazole rings is 2. The van der Waals surface area contributed by atoms with E-state index in [2.05, 4.69) is 41.2 Å². The number of nitrogens with zero attached hydrogens (tertiary/aromatic N) is 3. The van der Waals surface area contributed by atoms with Crippen LogP contribution in [0.1, 0.15) is 14.7 Å². The minimum absolute atomic E-state index is 0.196. The van der Waals surface area contributed by atoms with Crippen LogP contribution in [0.15, 0.2) is 34.5 Å². The molecular weight excluding hydrogens is 412 g/mol. The van der Waals surface area contributed by atoms with E-state index >= 15 is 0 Å². The fourth-order valence-electron chi connectivity index (χ4n) is 2.14. The molecule has 24 heavy (non-hydrogen) atoms. The van der Waals surface area contributed by atoms with E-state index < -0.39 is 0 Å². The fraction of sp³-hybridized carbons (Fsp3) is 0. The zero-order chi connectivity index (χ0) is 16.7. The van der Waals surface area contributed by atoms with Gasteiger partial charge in [-0.3, -0.25) is 4.79 Å². The number of hydrogen-bond acceptors (Lipinski definition) is 8. The second-order valence-electron chi connectivity index (χ2n) is 4.79. The highest BCUT2D eigenvalue weighted by atomic mass is 79.9. The SMILES string of the molecule is Nc1nc(Nc2ccc3nc[nH]c3c2)sc1C(=O)c1ncc(Br)s1. The fourth-order valence-corrected chi connectivity index (χ4v) is 4.20. The summed E-state index contributed by atoms with van der Waals surface area (Å²) >= 11 is 5.76. The molecule has 0 aliphatic carbocycles. The van der Waals surface area contributed by atoms with E-state index in [1.54, 1.807) is 12.5 Å². The topological polar surface area (TPSA) is 110 Å². The van der Waals surface area contributed by atoms with Crippen molar-refractivity contribution in [2.75, 3.05) is 11.1 Å². The van der Waals surface area contributed by atoms with Crippen LogP contribution in [-0.4, -0.2) is 25.7 Å². The molecule has 7 nitrogen and oxygen atoms in total. The Morgan fingerprint density at radius 3 is 2.96 bits per heavy atom. The number of hydrogen-bond donors (Lipinski definition) is 3. The van der Waals surface area contributed by atoms with Crippen molar-refractivity contribution >= 4 is 72.1 Å². The molecule has 0 saturated carbocycles. The van der Waals surface area contributed by atoms with E-state index in [1.165, 1.54) is 22.7 Å². The highest BCUT2D eigenvalue weighted by molar-refractivity contribution is 9.11. The standard InChI is InChI=1S/C14H9BrN6OS2/c15-9-4-17-13(23-9)10(22)11-12(16)21-14(24-11)20-6-1-2-7-8(3-6)19-5-18-7/h1-5H,16H2,(H,18,19)(H,20,21). The lowest BCUT2D eigenvalue weighted by Gasteiger charge is -2.01. The molecule has 0 spiro atoms. The van der Waals surface area contributed by atoms with Crippen LogP contribution in [0.4, 0.5) is 16.6 Å². The predicted octanol–water partition coefficient (Wildman–Crippen LogP) is 3.80. The Morgan fingerprint density at radius 1 is 1.29 bits per heavy atom. The molecule has 0 fully saturated rings. The zero-order valence-electron chi connectivity index (χ0n) is 11.9. The number of nitrogens with one attached hydrogen (secondary N) is 2. The number of fused-ring (bicyclic) bond motifs is 1. The summed E-state index contributed by atoms with van der Waals surface area (Å²) < 4.78 is 0.792. The molecule has 0 amide bonds. The van der Waals surface area contributed by atoms with Crippen LogP contribution < -0.4 is 11.1 Å². The number of aromatic nitrogens is 4. The van der Waals surface area contributed by atoms with Gasteiger partial charge in [-0.1, -0.05) is 11.3 Å². The number of H-pyrrole nitrogens is 1. The Labute approximate surface area is 152 Å². The second kappa shape index (κ2) is 5.96. The molecule has 0 aliphatic rings. The van der Waals surface area contributed by atoms with Gasteiger partial charge < -0.3 is 16.0 Å². The van der Waals surface area contributed by atoms with Crippen molar-refractivity contribution in [1.29, 1.82) is 0 Å². The third kappa shape index (κ3) is 2.79. The highest BCUT2D eigenvalue weighted by Gasteiger charge is 2.20. The number of nitrogen functional groups attached to an aromatic ring is 1. The van der Waals surface area contributed by atoms with E-state index in [0.29, 0.717) is 15.0 Å². The summed E-state index contributed by atoms with van der Waals surface area (Å²) in [5.41, 5.74) is 8.52. The lowest BCUT2D eigenvalue weighted by atomic mass is 10.3. The van der Waals surface area contributed by atoms with Crippen molar-refractivity contribution < 1.29 is 4.79 Å². The van der Waals surface area contributed by atoms with Gasteiger partial charge in [0.05, 0.1) is 27.3 Å². The third-order valence-corrected chi connectivity index (χ3v) is 5.66. The summed E-state index contributed by atoms with van der Waals surface area (Å²) in [6.45, 7) is 0. The normalized spacial score (nSPS) is 11.0. The van der Waals surface area contributed by atoms with Crippen LogP contribution in [0.2, 0.25) is 0 Å². The first-order valence-corrected chi connectivity index (χ1v) is 9.15.